The Bertz CT molecular complexity index is 588. The zero-order valence-electron chi connectivity index (χ0n) is 14.5. The number of carbonyl (C=O) groups excluding carboxylic acids is 1. The molecule has 0 radical (unpaired) electrons. The highest BCUT2D eigenvalue weighted by Crippen LogP contribution is 2.34. The number of hydrogen-bond acceptors (Lipinski definition) is 3. The molecule has 0 saturated heterocycles. The van der Waals surface area contributed by atoms with Crippen LogP contribution in [0.25, 0.3) is 0 Å². The quantitative estimate of drug-likeness (QED) is 0.904. The van der Waals surface area contributed by atoms with Crippen molar-refractivity contribution in [3.05, 3.63) is 17.5 Å². The first-order valence-electron chi connectivity index (χ1n) is 8.31. The minimum atomic E-state index is -1.04. The van der Waals surface area contributed by atoms with Crippen LogP contribution >= 0.6 is 0 Å². The summed E-state index contributed by atoms with van der Waals surface area (Å²) in [5.74, 6) is -1.01. The molecule has 1 aliphatic rings. The summed E-state index contributed by atoms with van der Waals surface area (Å²) in [6, 6.07) is 1.89. The average Bonchev–Trinajstić information content (AvgIpc) is 2.85. The predicted octanol–water partition coefficient (Wildman–Crippen LogP) is 2.70. The van der Waals surface area contributed by atoms with Crippen LogP contribution in [0.4, 0.5) is 0 Å². The van der Waals surface area contributed by atoms with Gasteiger partial charge in [0.1, 0.15) is 5.54 Å². The van der Waals surface area contributed by atoms with Gasteiger partial charge in [-0.2, -0.15) is 5.10 Å². The van der Waals surface area contributed by atoms with Crippen LogP contribution in [0.15, 0.2) is 6.07 Å². The number of carboxylic acid groups (broad SMARTS) is 1. The first kappa shape index (κ1) is 17.5. The molecule has 1 heterocycles. The summed E-state index contributed by atoms with van der Waals surface area (Å²) in [4.78, 5) is 26.0. The monoisotopic (exact) mass is 321 g/mol. The summed E-state index contributed by atoms with van der Waals surface area (Å²) in [6.45, 7) is 5.83. The van der Waals surface area contributed by atoms with Gasteiger partial charge in [0.2, 0.25) is 5.91 Å². The number of amides is 1. The summed E-state index contributed by atoms with van der Waals surface area (Å²) in [6.07, 6.45) is 4.10. The molecule has 128 valence electrons. The lowest BCUT2D eigenvalue weighted by Crippen LogP contribution is -2.56. The Balaban J connectivity index is 2.12. The predicted molar refractivity (Wildman–Crippen MR) is 87.3 cm³/mol. The van der Waals surface area contributed by atoms with E-state index in [0.717, 1.165) is 30.7 Å². The van der Waals surface area contributed by atoms with Crippen molar-refractivity contribution in [2.45, 2.75) is 70.9 Å². The van der Waals surface area contributed by atoms with Crippen molar-refractivity contribution in [3.63, 3.8) is 0 Å². The van der Waals surface area contributed by atoms with E-state index in [9.17, 15) is 14.7 Å². The van der Waals surface area contributed by atoms with E-state index in [0.29, 0.717) is 12.8 Å². The lowest BCUT2D eigenvalue weighted by Gasteiger charge is -2.41. The van der Waals surface area contributed by atoms with Crippen molar-refractivity contribution < 1.29 is 14.7 Å². The van der Waals surface area contributed by atoms with Crippen LogP contribution in [-0.2, 0) is 9.59 Å². The van der Waals surface area contributed by atoms with E-state index in [2.05, 4.69) is 5.10 Å². The average molecular weight is 321 g/mol. The molecule has 0 bridgehead atoms. The Morgan fingerprint density at radius 3 is 2.43 bits per heavy atom. The Hall–Kier alpha value is -1.85. The maximum absolute atomic E-state index is 12.7. The van der Waals surface area contributed by atoms with Crippen LogP contribution in [-0.4, -0.2) is 44.3 Å². The van der Waals surface area contributed by atoms with Gasteiger partial charge in [0.05, 0.1) is 11.7 Å². The molecule has 0 aliphatic heterocycles. The number of carboxylic acids is 1. The number of aryl methyl sites for hydroxylation is 2. The van der Waals surface area contributed by atoms with Gasteiger partial charge in [0, 0.05) is 19.2 Å². The van der Waals surface area contributed by atoms with Gasteiger partial charge in [-0.3, -0.25) is 9.48 Å². The topological polar surface area (TPSA) is 75.4 Å². The molecule has 1 aromatic heterocycles. The van der Waals surface area contributed by atoms with Crippen LogP contribution in [0, 0.1) is 13.8 Å². The van der Waals surface area contributed by atoms with Gasteiger partial charge in [-0.1, -0.05) is 19.3 Å². The molecule has 6 heteroatoms. The van der Waals surface area contributed by atoms with Gasteiger partial charge in [0.15, 0.2) is 0 Å². The van der Waals surface area contributed by atoms with Crippen molar-refractivity contribution >= 4 is 11.9 Å². The van der Waals surface area contributed by atoms with Gasteiger partial charge < -0.3 is 10.0 Å². The largest absolute Gasteiger partial charge is 0.479 e. The van der Waals surface area contributed by atoms with Crippen LogP contribution in [0.3, 0.4) is 0 Å². The highest BCUT2D eigenvalue weighted by molar-refractivity contribution is 5.87. The van der Waals surface area contributed by atoms with Gasteiger partial charge in [-0.15, -0.1) is 0 Å². The van der Waals surface area contributed by atoms with Crippen molar-refractivity contribution in [2.75, 3.05) is 7.05 Å². The minimum Gasteiger partial charge on any atom is -0.479 e. The van der Waals surface area contributed by atoms with Crippen molar-refractivity contribution in [1.29, 1.82) is 0 Å². The van der Waals surface area contributed by atoms with Gasteiger partial charge in [0.25, 0.3) is 0 Å². The third-order valence-corrected chi connectivity index (χ3v) is 5.03. The summed E-state index contributed by atoms with van der Waals surface area (Å²) in [7, 11) is 1.63. The van der Waals surface area contributed by atoms with Crippen LogP contribution in [0.1, 0.15) is 62.9 Å². The Morgan fingerprint density at radius 2 is 1.96 bits per heavy atom. The number of rotatable bonds is 5. The Kier molecular flexibility index (Phi) is 5.12. The van der Waals surface area contributed by atoms with E-state index in [1.807, 2.05) is 31.5 Å². The highest BCUT2D eigenvalue weighted by atomic mass is 16.4. The number of aliphatic carboxylic acids is 1. The first-order valence-corrected chi connectivity index (χ1v) is 8.31. The number of carbonyl (C=O) groups is 2. The summed E-state index contributed by atoms with van der Waals surface area (Å²) >= 11 is 0. The van der Waals surface area contributed by atoms with Crippen molar-refractivity contribution in [1.82, 2.24) is 14.7 Å². The molecule has 1 saturated carbocycles. The summed E-state index contributed by atoms with van der Waals surface area (Å²) < 4.78 is 1.84. The number of aromatic nitrogens is 2. The minimum absolute atomic E-state index is 0.0897. The third-order valence-electron chi connectivity index (χ3n) is 5.03. The molecule has 1 amide bonds. The third kappa shape index (κ3) is 3.41. The van der Waals surface area contributed by atoms with Crippen LogP contribution in [0.5, 0.6) is 0 Å². The van der Waals surface area contributed by atoms with E-state index < -0.39 is 11.5 Å². The van der Waals surface area contributed by atoms with Gasteiger partial charge in [-0.05, 0) is 39.7 Å². The van der Waals surface area contributed by atoms with E-state index in [1.54, 1.807) is 7.05 Å². The van der Waals surface area contributed by atoms with Gasteiger partial charge >= 0.3 is 5.97 Å². The zero-order chi connectivity index (χ0) is 17.2. The van der Waals surface area contributed by atoms with E-state index in [4.69, 9.17) is 0 Å². The number of hydrogen-bond donors (Lipinski definition) is 1. The molecule has 1 aromatic rings. The second-order valence-corrected chi connectivity index (χ2v) is 6.77. The molecule has 1 fully saturated rings. The number of likely N-dealkylation sites (N-methyl/N-ethyl adjacent to an activating group) is 1. The fourth-order valence-corrected chi connectivity index (χ4v) is 3.64. The maximum Gasteiger partial charge on any atom is 0.329 e. The Labute approximate surface area is 137 Å². The molecule has 1 N–H and O–H groups in total. The fraction of sp³-hybridized carbons (Fsp3) is 0.706. The molecule has 23 heavy (non-hydrogen) atoms. The Morgan fingerprint density at radius 1 is 1.35 bits per heavy atom. The smallest absolute Gasteiger partial charge is 0.329 e. The zero-order valence-corrected chi connectivity index (χ0v) is 14.5. The first-order chi connectivity index (χ1) is 10.8. The maximum atomic E-state index is 12.7. The summed E-state index contributed by atoms with van der Waals surface area (Å²) in [5.41, 5.74) is 0.893. The van der Waals surface area contributed by atoms with E-state index >= 15 is 0 Å². The van der Waals surface area contributed by atoms with Crippen molar-refractivity contribution in [2.24, 2.45) is 0 Å². The second kappa shape index (κ2) is 6.72. The molecule has 1 atom stereocenters. The highest BCUT2D eigenvalue weighted by Gasteiger charge is 2.45. The molecule has 1 aliphatic carbocycles. The second-order valence-electron chi connectivity index (χ2n) is 6.77. The molecule has 0 spiro atoms. The lowest BCUT2D eigenvalue weighted by atomic mass is 9.80. The molecular formula is C17H27N3O3. The molecule has 6 nitrogen and oxygen atoms in total. The van der Waals surface area contributed by atoms with E-state index in [-0.39, 0.29) is 18.4 Å². The molecular weight excluding hydrogens is 294 g/mol. The SMILES string of the molecule is Cc1cc(C)n(C(C)CC(=O)N(C)C2(C(=O)O)CCCCC2)n1. The van der Waals surface area contributed by atoms with Crippen LogP contribution < -0.4 is 0 Å². The van der Waals surface area contributed by atoms with E-state index in [1.165, 1.54) is 4.90 Å². The summed E-state index contributed by atoms with van der Waals surface area (Å²) in [5, 5.41) is 14.1. The lowest BCUT2D eigenvalue weighted by molar-refractivity contribution is -0.160. The molecule has 1 unspecified atom stereocenters. The fourth-order valence-electron chi connectivity index (χ4n) is 3.64. The standard InChI is InChI=1S/C17H27N3O3/c1-12-10-13(2)20(18-12)14(3)11-15(21)19(4)17(16(22)23)8-6-5-7-9-17/h10,14H,5-9,11H2,1-4H3,(H,22,23). The molecule has 0 aromatic carbocycles. The normalized spacial score (nSPS) is 18.4. The molecule has 2 rings (SSSR count). The van der Waals surface area contributed by atoms with Crippen molar-refractivity contribution in [3.8, 4) is 0 Å². The van der Waals surface area contributed by atoms with Gasteiger partial charge in [-0.25, -0.2) is 4.79 Å². The van der Waals surface area contributed by atoms with Crippen LogP contribution in [0.2, 0.25) is 0 Å². The number of nitrogens with zero attached hydrogens (tertiary/aromatic N) is 3.